The highest BCUT2D eigenvalue weighted by Crippen LogP contribution is 2.36. The van der Waals surface area contributed by atoms with Crippen LogP contribution in [0.5, 0.6) is 5.88 Å². The zero-order chi connectivity index (χ0) is 16.3. The van der Waals surface area contributed by atoms with Gasteiger partial charge >= 0.3 is 6.18 Å². The molecule has 0 atom stereocenters. The lowest BCUT2D eigenvalue weighted by molar-refractivity contribution is -0.139. The Kier molecular flexibility index (Phi) is 4.48. The highest BCUT2D eigenvalue weighted by Gasteiger charge is 2.36. The van der Waals surface area contributed by atoms with Gasteiger partial charge in [0.15, 0.2) is 0 Å². The maximum absolute atomic E-state index is 13.9. The van der Waals surface area contributed by atoms with Gasteiger partial charge in [0.2, 0.25) is 11.8 Å². The van der Waals surface area contributed by atoms with Crippen molar-refractivity contribution in [2.75, 3.05) is 18.6 Å². The molecule has 0 fully saturated rings. The normalized spacial score (nSPS) is 11.4. The fourth-order valence-electron chi connectivity index (χ4n) is 1.93. The van der Waals surface area contributed by atoms with Crippen molar-refractivity contribution in [2.45, 2.75) is 13.1 Å². The number of benzene rings is 1. The summed E-state index contributed by atoms with van der Waals surface area (Å²) in [6.07, 6.45) is -4.00. The molecule has 0 unspecified atom stereocenters. The van der Waals surface area contributed by atoms with Gasteiger partial charge in [-0.05, 0) is 19.1 Å². The van der Waals surface area contributed by atoms with Crippen molar-refractivity contribution < 1.29 is 22.3 Å². The van der Waals surface area contributed by atoms with Crippen molar-refractivity contribution in [3.63, 3.8) is 0 Å². The number of hydrogen-bond donors (Lipinski definition) is 0. The van der Waals surface area contributed by atoms with Gasteiger partial charge in [-0.15, -0.1) is 0 Å². The highest BCUT2D eigenvalue weighted by molar-refractivity contribution is 5.58. The molecule has 0 aliphatic heterocycles. The number of rotatable bonds is 4. The zero-order valence-corrected chi connectivity index (χ0v) is 11.9. The van der Waals surface area contributed by atoms with Crippen molar-refractivity contribution in [1.29, 1.82) is 0 Å². The lowest BCUT2D eigenvalue weighted by Crippen LogP contribution is -2.21. The first-order valence-corrected chi connectivity index (χ1v) is 6.38. The summed E-state index contributed by atoms with van der Waals surface area (Å²) in [6, 6.07) is 5.87. The van der Waals surface area contributed by atoms with Crippen molar-refractivity contribution >= 4 is 11.6 Å². The van der Waals surface area contributed by atoms with Gasteiger partial charge in [-0.3, -0.25) is 0 Å². The summed E-state index contributed by atoms with van der Waals surface area (Å²) in [7, 11) is 1.08. The second-order valence-electron chi connectivity index (χ2n) is 4.29. The van der Waals surface area contributed by atoms with Crippen LogP contribution in [-0.2, 0) is 6.18 Å². The van der Waals surface area contributed by atoms with Crippen molar-refractivity contribution in [2.24, 2.45) is 0 Å². The number of ether oxygens (including phenoxy) is 1. The van der Waals surface area contributed by atoms with Crippen LogP contribution in [0.25, 0.3) is 0 Å². The number of anilines is 2. The minimum Gasteiger partial charge on any atom is -0.480 e. The van der Waals surface area contributed by atoms with Gasteiger partial charge in [0.25, 0.3) is 0 Å². The van der Waals surface area contributed by atoms with Gasteiger partial charge < -0.3 is 9.64 Å². The number of hydrogen-bond acceptors (Lipinski definition) is 4. The van der Waals surface area contributed by atoms with Gasteiger partial charge in [0.1, 0.15) is 11.4 Å². The van der Waals surface area contributed by atoms with Crippen molar-refractivity contribution in [3.8, 4) is 5.88 Å². The van der Waals surface area contributed by atoms with Gasteiger partial charge in [-0.2, -0.15) is 18.2 Å². The topological polar surface area (TPSA) is 38.2 Å². The molecular formula is C14H13F4N3O. The maximum atomic E-state index is 13.9. The molecular weight excluding hydrogens is 302 g/mol. The summed E-state index contributed by atoms with van der Waals surface area (Å²) in [5.74, 6) is -1.20. The van der Waals surface area contributed by atoms with Crippen LogP contribution in [0.1, 0.15) is 12.5 Å². The van der Waals surface area contributed by atoms with E-state index in [0.29, 0.717) is 6.20 Å². The summed E-state index contributed by atoms with van der Waals surface area (Å²) >= 11 is 0. The van der Waals surface area contributed by atoms with E-state index < -0.39 is 23.4 Å². The Morgan fingerprint density at radius 1 is 1.23 bits per heavy atom. The predicted molar refractivity (Wildman–Crippen MR) is 72.7 cm³/mol. The van der Waals surface area contributed by atoms with Crippen LogP contribution < -0.4 is 9.64 Å². The van der Waals surface area contributed by atoms with E-state index in [1.807, 2.05) is 0 Å². The second kappa shape index (κ2) is 6.17. The molecule has 1 aromatic heterocycles. The summed E-state index contributed by atoms with van der Waals surface area (Å²) in [5.41, 5.74) is -0.907. The Labute approximate surface area is 124 Å². The largest absolute Gasteiger partial charge is 0.480 e. The Hall–Kier alpha value is -2.38. The molecule has 1 aromatic carbocycles. The lowest BCUT2D eigenvalue weighted by atomic mass is 10.2. The molecule has 22 heavy (non-hydrogen) atoms. The van der Waals surface area contributed by atoms with E-state index in [4.69, 9.17) is 0 Å². The van der Waals surface area contributed by atoms with Crippen molar-refractivity contribution in [3.05, 3.63) is 41.8 Å². The number of aromatic nitrogens is 2. The minimum atomic E-state index is -4.63. The molecule has 0 spiro atoms. The first-order chi connectivity index (χ1) is 10.4. The third kappa shape index (κ3) is 3.10. The average Bonchev–Trinajstić information content (AvgIpc) is 2.48. The molecule has 0 radical (unpaired) electrons. The summed E-state index contributed by atoms with van der Waals surface area (Å²) in [5, 5.41) is 0. The van der Waals surface area contributed by atoms with Crippen LogP contribution in [0.3, 0.4) is 0 Å². The van der Waals surface area contributed by atoms with Crippen LogP contribution in [0.15, 0.2) is 30.5 Å². The van der Waals surface area contributed by atoms with E-state index in [1.165, 1.54) is 23.1 Å². The molecule has 0 aliphatic carbocycles. The fraction of sp³-hybridized carbons (Fsp3) is 0.286. The van der Waals surface area contributed by atoms with Gasteiger partial charge in [0, 0.05) is 12.7 Å². The van der Waals surface area contributed by atoms with Crippen molar-refractivity contribution in [1.82, 2.24) is 9.97 Å². The zero-order valence-electron chi connectivity index (χ0n) is 11.9. The monoisotopic (exact) mass is 315 g/mol. The van der Waals surface area contributed by atoms with Gasteiger partial charge in [-0.1, -0.05) is 12.1 Å². The van der Waals surface area contributed by atoms with Gasteiger partial charge in [0.05, 0.1) is 12.8 Å². The number of nitrogens with zero attached hydrogens (tertiary/aromatic N) is 3. The molecule has 1 heterocycles. The fourth-order valence-corrected chi connectivity index (χ4v) is 1.93. The molecule has 0 saturated heterocycles. The number of para-hydroxylation sites is 1. The molecule has 118 valence electrons. The molecule has 0 aliphatic rings. The maximum Gasteiger partial charge on any atom is 0.423 e. The van der Waals surface area contributed by atoms with E-state index in [1.54, 1.807) is 13.0 Å². The quantitative estimate of drug-likeness (QED) is 0.804. The molecule has 0 amide bonds. The number of alkyl halides is 3. The summed E-state index contributed by atoms with van der Waals surface area (Å²) in [6.45, 7) is 1.98. The smallest absolute Gasteiger partial charge is 0.423 e. The third-order valence-electron chi connectivity index (χ3n) is 2.94. The molecule has 8 heteroatoms. The van der Waals surface area contributed by atoms with Crippen LogP contribution in [0, 0.1) is 5.82 Å². The summed E-state index contributed by atoms with van der Waals surface area (Å²) < 4.78 is 56.9. The SMILES string of the molecule is CCN(c1ncc(C(F)(F)F)c(OC)n1)c1ccccc1F. The van der Waals surface area contributed by atoms with E-state index >= 15 is 0 Å². The first-order valence-electron chi connectivity index (χ1n) is 6.38. The van der Waals surface area contributed by atoms with Crippen LogP contribution in [0.2, 0.25) is 0 Å². The van der Waals surface area contributed by atoms with Gasteiger partial charge in [-0.25, -0.2) is 9.37 Å². The molecule has 0 N–H and O–H groups in total. The molecule has 2 aromatic rings. The van der Waals surface area contributed by atoms with E-state index in [2.05, 4.69) is 14.7 Å². The standard InChI is InChI=1S/C14H13F4N3O/c1-3-21(11-7-5-4-6-10(11)15)13-19-8-9(14(16,17)18)12(20-13)22-2/h4-8H,3H2,1-2H3. The molecule has 0 bridgehead atoms. The number of halogens is 4. The Balaban J connectivity index is 2.49. The summed E-state index contributed by atoms with van der Waals surface area (Å²) in [4.78, 5) is 8.80. The van der Waals surface area contributed by atoms with Crippen LogP contribution in [-0.4, -0.2) is 23.6 Å². The number of methoxy groups -OCH3 is 1. The molecule has 4 nitrogen and oxygen atoms in total. The van der Waals surface area contributed by atoms with E-state index in [0.717, 1.165) is 7.11 Å². The first kappa shape index (κ1) is 16.0. The molecule has 0 saturated carbocycles. The Bertz CT molecular complexity index is 661. The predicted octanol–water partition coefficient (Wildman–Crippen LogP) is 3.80. The Morgan fingerprint density at radius 2 is 1.91 bits per heavy atom. The van der Waals surface area contributed by atoms with Crippen LogP contribution in [0.4, 0.5) is 29.2 Å². The highest BCUT2D eigenvalue weighted by atomic mass is 19.4. The average molecular weight is 315 g/mol. The minimum absolute atomic E-state index is 0.0718. The second-order valence-corrected chi connectivity index (χ2v) is 4.29. The van der Waals surface area contributed by atoms with Crippen LogP contribution >= 0.6 is 0 Å². The van der Waals surface area contributed by atoms with E-state index in [-0.39, 0.29) is 18.2 Å². The molecule has 2 rings (SSSR count). The Morgan fingerprint density at radius 3 is 2.45 bits per heavy atom. The third-order valence-corrected chi connectivity index (χ3v) is 2.94. The lowest BCUT2D eigenvalue weighted by Gasteiger charge is -2.22. The van der Waals surface area contributed by atoms with E-state index in [9.17, 15) is 17.6 Å².